The first kappa shape index (κ1) is 41.8. The molecule has 0 radical (unpaired) electrons. The Hall–Kier alpha value is -10.0. The van der Waals surface area contributed by atoms with Gasteiger partial charge in [-0.1, -0.05) is 218 Å². The zero-order valence-corrected chi connectivity index (χ0v) is 40.0. The smallest absolute Gasteiger partial charge is 0.101 e. The third-order valence-corrected chi connectivity index (χ3v) is 16.3. The molecule has 4 heteroatoms. The number of nitrogens with zero attached hydrogens (tertiary/aromatic N) is 4. The predicted molar refractivity (Wildman–Crippen MR) is 299 cm³/mol. The van der Waals surface area contributed by atoms with Crippen molar-refractivity contribution in [1.82, 2.24) is 9.13 Å². The van der Waals surface area contributed by atoms with Gasteiger partial charge in [-0.2, -0.15) is 10.5 Å². The van der Waals surface area contributed by atoms with E-state index in [-0.39, 0.29) is 0 Å². The zero-order valence-electron chi connectivity index (χ0n) is 40.0. The summed E-state index contributed by atoms with van der Waals surface area (Å²) >= 11 is 0. The van der Waals surface area contributed by atoms with Crippen LogP contribution in [0.2, 0.25) is 0 Å². The highest BCUT2D eigenvalue weighted by molar-refractivity contribution is 6.20. The lowest BCUT2D eigenvalue weighted by molar-refractivity contribution is 0.769. The molecule has 0 spiro atoms. The summed E-state index contributed by atoms with van der Waals surface area (Å²) in [6.45, 7) is 0. The molecule has 0 saturated carbocycles. The first-order chi connectivity index (χ1) is 36.7. The summed E-state index contributed by atoms with van der Waals surface area (Å²) < 4.78 is 4.43. The molecule has 0 atom stereocenters. The van der Waals surface area contributed by atoms with Crippen molar-refractivity contribution < 1.29 is 0 Å². The van der Waals surface area contributed by atoms with Crippen LogP contribution in [0, 0.1) is 22.7 Å². The third-order valence-electron chi connectivity index (χ3n) is 16.3. The SMILES string of the molecule is N#Cc1cc(-n2c3ccccc3c3c4c(ccc32)C(c2ccccc2)(c2ccccc2)c2ccccc2-4)cc(C#N)c1-n1c2ccccc2c2c3c(ccc21)C(c1ccccc1)(c1ccccc1)c1ccccc1-3. The normalized spacial score (nSPS) is 13.6. The number of para-hydroxylation sites is 2. The van der Waals surface area contributed by atoms with Crippen molar-refractivity contribution in [3.63, 3.8) is 0 Å². The van der Waals surface area contributed by atoms with Crippen LogP contribution in [0.4, 0.5) is 0 Å². The van der Waals surface area contributed by atoms with E-state index in [0.29, 0.717) is 16.8 Å². The molecule has 342 valence electrons. The van der Waals surface area contributed by atoms with Crippen LogP contribution in [0.1, 0.15) is 55.6 Å². The maximum absolute atomic E-state index is 11.5. The fourth-order valence-corrected chi connectivity index (χ4v) is 13.7. The Bertz CT molecular complexity index is 4440. The van der Waals surface area contributed by atoms with Crippen LogP contribution in [0.25, 0.3) is 77.2 Å². The van der Waals surface area contributed by atoms with E-state index in [1.807, 2.05) is 12.1 Å². The Labute approximate surface area is 428 Å². The van der Waals surface area contributed by atoms with E-state index in [1.54, 1.807) is 0 Å². The van der Waals surface area contributed by atoms with Crippen molar-refractivity contribution in [3.8, 4) is 45.8 Å². The fraction of sp³-hybridized carbons (Fsp3) is 0.0286. The summed E-state index contributed by atoms with van der Waals surface area (Å²) in [5.74, 6) is 0. The van der Waals surface area contributed by atoms with E-state index in [9.17, 15) is 10.5 Å². The van der Waals surface area contributed by atoms with Gasteiger partial charge in [-0.15, -0.1) is 0 Å². The van der Waals surface area contributed by atoms with Gasteiger partial charge in [0.1, 0.15) is 12.1 Å². The molecule has 0 amide bonds. The summed E-state index contributed by atoms with van der Waals surface area (Å²) in [6, 6.07) is 96.5. The van der Waals surface area contributed by atoms with Gasteiger partial charge >= 0.3 is 0 Å². The third kappa shape index (κ3) is 5.33. The lowest BCUT2D eigenvalue weighted by Crippen LogP contribution is -2.28. The summed E-state index contributed by atoms with van der Waals surface area (Å²) in [6.07, 6.45) is 0. The van der Waals surface area contributed by atoms with Crippen molar-refractivity contribution in [2.75, 3.05) is 0 Å². The zero-order chi connectivity index (χ0) is 49.1. The maximum Gasteiger partial charge on any atom is 0.101 e. The van der Waals surface area contributed by atoms with Crippen LogP contribution >= 0.6 is 0 Å². The van der Waals surface area contributed by atoms with Gasteiger partial charge in [-0.3, -0.25) is 0 Å². The second-order valence-corrected chi connectivity index (χ2v) is 19.6. The number of hydrogen-bond acceptors (Lipinski definition) is 2. The van der Waals surface area contributed by atoms with E-state index < -0.39 is 10.8 Å². The number of nitriles is 2. The van der Waals surface area contributed by atoms with Crippen molar-refractivity contribution >= 4 is 43.6 Å². The van der Waals surface area contributed by atoms with E-state index in [1.165, 1.54) is 61.2 Å². The van der Waals surface area contributed by atoms with Crippen LogP contribution in [-0.2, 0) is 10.8 Å². The highest BCUT2D eigenvalue weighted by atomic mass is 15.0. The molecule has 4 nitrogen and oxygen atoms in total. The molecule has 0 N–H and O–H groups in total. The van der Waals surface area contributed by atoms with Crippen molar-refractivity contribution in [2.45, 2.75) is 10.8 Å². The van der Waals surface area contributed by atoms with E-state index in [4.69, 9.17) is 0 Å². The monoisotopic (exact) mass is 938 g/mol. The second kappa shape index (κ2) is 15.7. The van der Waals surface area contributed by atoms with Crippen molar-refractivity contribution in [3.05, 3.63) is 310 Å². The molecule has 0 fully saturated rings. The second-order valence-electron chi connectivity index (χ2n) is 19.6. The van der Waals surface area contributed by atoms with Crippen LogP contribution < -0.4 is 0 Å². The molecule has 13 aromatic rings. The number of hydrogen-bond donors (Lipinski definition) is 0. The highest BCUT2D eigenvalue weighted by Crippen LogP contribution is 2.61. The standard InChI is InChI=1S/C70H42N4/c71-43-45-41-51(73-60-35-19-15-31-54(60)66-62(73)39-37-58-64(66)52-29-13-17-33-56(52)69(58,47-21-5-1-6-22-47)48-23-7-2-8-24-48)42-46(44-72)68(45)74-61-36-20-16-32-55(61)67-63(74)40-38-59-65(67)53-30-14-18-34-57(53)70(59,49-25-9-3-10-26-49)50-27-11-4-12-28-50/h1-42H. The van der Waals surface area contributed by atoms with Crippen LogP contribution in [-0.4, -0.2) is 9.13 Å². The number of rotatable bonds is 6. The molecular formula is C70H42N4. The van der Waals surface area contributed by atoms with E-state index >= 15 is 0 Å². The molecular weight excluding hydrogens is 897 g/mol. The quantitative estimate of drug-likeness (QED) is 0.167. The molecule has 0 saturated heterocycles. The summed E-state index contributed by atoms with van der Waals surface area (Å²) in [5.41, 5.74) is 19.3. The first-order valence-corrected chi connectivity index (χ1v) is 25.2. The molecule has 11 aromatic carbocycles. The lowest BCUT2D eigenvalue weighted by atomic mass is 9.67. The van der Waals surface area contributed by atoms with Crippen molar-refractivity contribution in [1.29, 1.82) is 10.5 Å². The molecule has 0 unspecified atom stereocenters. The Morgan fingerprint density at radius 3 is 1.08 bits per heavy atom. The lowest BCUT2D eigenvalue weighted by Gasteiger charge is -2.33. The molecule has 15 rings (SSSR count). The fourth-order valence-electron chi connectivity index (χ4n) is 13.7. The number of benzene rings is 11. The first-order valence-electron chi connectivity index (χ1n) is 25.2. The van der Waals surface area contributed by atoms with E-state index in [0.717, 1.165) is 54.9 Å². The average molecular weight is 939 g/mol. The van der Waals surface area contributed by atoms with Crippen molar-refractivity contribution in [2.24, 2.45) is 0 Å². The molecule has 2 aromatic heterocycles. The summed E-state index contributed by atoms with van der Waals surface area (Å²) in [7, 11) is 0. The van der Waals surface area contributed by atoms with Gasteiger partial charge in [0.25, 0.3) is 0 Å². The summed E-state index contributed by atoms with van der Waals surface area (Å²) in [4.78, 5) is 0. The van der Waals surface area contributed by atoms with Gasteiger partial charge in [0.2, 0.25) is 0 Å². The molecule has 0 bridgehead atoms. The van der Waals surface area contributed by atoms with Gasteiger partial charge < -0.3 is 9.13 Å². The molecule has 2 heterocycles. The Morgan fingerprint density at radius 2 is 0.662 bits per heavy atom. The molecule has 2 aliphatic rings. The van der Waals surface area contributed by atoms with Gasteiger partial charge in [-0.05, 0) is 103 Å². The molecule has 2 aliphatic carbocycles. The van der Waals surface area contributed by atoms with Gasteiger partial charge in [0.05, 0.1) is 49.7 Å². The Morgan fingerprint density at radius 1 is 0.311 bits per heavy atom. The minimum Gasteiger partial charge on any atom is -0.309 e. The topological polar surface area (TPSA) is 57.4 Å². The van der Waals surface area contributed by atoms with Gasteiger partial charge in [0.15, 0.2) is 0 Å². The maximum atomic E-state index is 11.5. The Kier molecular flexibility index (Phi) is 8.89. The van der Waals surface area contributed by atoms with Gasteiger partial charge in [-0.25, -0.2) is 0 Å². The molecule has 74 heavy (non-hydrogen) atoms. The highest BCUT2D eigenvalue weighted by Gasteiger charge is 2.49. The predicted octanol–water partition coefficient (Wildman–Crippen LogP) is 16.4. The van der Waals surface area contributed by atoms with Gasteiger partial charge in [0, 0.05) is 27.2 Å². The average Bonchev–Trinajstić information content (AvgIpc) is 4.19. The van der Waals surface area contributed by atoms with Crippen LogP contribution in [0.3, 0.4) is 0 Å². The largest absolute Gasteiger partial charge is 0.309 e. The Balaban J connectivity index is 0.993. The summed E-state index contributed by atoms with van der Waals surface area (Å²) in [5, 5.41) is 27.3. The minimum absolute atomic E-state index is 0.412. The number of aromatic nitrogens is 2. The van der Waals surface area contributed by atoms with Crippen LogP contribution in [0.5, 0.6) is 0 Å². The minimum atomic E-state index is -0.585. The van der Waals surface area contributed by atoms with E-state index in [2.05, 4.69) is 264 Å². The molecule has 0 aliphatic heterocycles. The number of fused-ring (bicyclic) bond motifs is 14. The van der Waals surface area contributed by atoms with Crippen LogP contribution in [0.15, 0.2) is 255 Å².